The highest BCUT2D eigenvalue weighted by Crippen LogP contribution is 2.16. The summed E-state index contributed by atoms with van der Waals surface area (Å²) in [6, 6.07) is 5.53. The monoisotopic (exact) mass is 196 g/mol. The zero-order valence-electron chi connectivity index (χ0n) is 7.14. The first-order valence-corrected chi connectivity index (χ1v) is 3.79. The molecule has 0 aliphatic carbocycles. The maximum absolute atomic E-state index is 11.2. The summed E-state index contributed by atoms with van der Waals surface area (Å²) in [4.78, 5) is 21.0. The third-order valence-corrected chi connectivity index (χ3v) is 1.58. The first kappa shape index (κ1) is 10.1. The van der Waals surface area contributed by atoms with Gasteiger partial charge >= 0.3 is 0 Å². The van der Waals surface area contributed by atoms with Crippen LogP contribution in [0, 0.1) is 10.1 Å². The minimum atomic E-state index is -0.667. The molecule has 0 aliphatic heterocycles. The van der Waals surface area contributed by atoms with E-state index in [-0.39, 0.29) is 11.3 Å². The summed E-state index contributed by atoms with van der Waals surface area (Å²) < 4.78 is 0. The quantitative estimate of drug-likeness (QED) is 0.412. The predicted octanol–water partition coefficient (Wildman–Crippen LogP) is 0.274. The summed E-state index contributed by atoms with van der Waals surface area (Å²) in [6.45, 7) is -0.551. The van der Waals surface area contributed by atoms with Crippen LogP contribution in [0.1, 0.15) is 10.4 Å². The van der Waals surface area contributed by atoms with E-state index in [1.165, 1.54) is 24.3 Å². The maximum Gasteiger partial charge on any atom is 0.282 e. The Balaban J connectivity index is 3.07. The lowest BCUT2D eigenvalue weighted by atomic mass is 10.1. The Bertz CT molecular complexity index is 364. The molecule has 14 heavy (non-hydrogen) atoms. The molecule has 6 nitrogen and oxygen atoms in total. The molecule has 0 spiro atoms. The molecule has 0 atom stereocenters. The van der Waals surface area contributed by atoms with Crippen molar-refractivity contribution in [3.63, 3.8) is 0 Å². The molecule has 0 saturated heterocycles. The molecule has 0 fully saturated rings. The second-order valence-corrected chi connectivity index (χ2v) is 2.44. The lowest BCUT2D eigenvalue weighted by Gasteiger charge is -2.01. The molecule has 0 aromatic heterocycles. The van der Waals surface area contributed by atoms with Gasteiger partial charge in [-0.1, -0.05) is 12.1 Å². The van der Waals surface area contributed by atoms with Gasteiger partial charge in [-0.3, -0.25) is 14.9 Å². The number of nitrogens with zero attached hydrogens (tertiary/aromatic N) is 1. The Hall–Kier alpha value is -1.95. The molecular formula is C8H8N2O4. The van der Waals surface area contributed by atoms with Crippen LogP contribution < -0.4 is 5.32 Å². The van der Waals surface area contributed by atoms with E-state index in [0.29, 0.717) is 0 Å². The highest BCUT2D eigenvalue weighted by molar-refractivity contribution is 5.97. The number of nitro groups is 1. The SMILES string of the molecule is O=C(NCO)c1ccccc1[N+](=O)[O-]. The van der Waals surface area contributed by atoms with Gasteiger partial charge in [-0.2, -0.15) is 0 Å². The van der Waals surface area contributed by atoms with Gasteiger partial charge in [-0.25, -0.2) is 0 Å². The van der Waals surface area contributed by atoms with Crippen LogP contribution in [0.2, 0.25) is 0 Å². The number of para-hydroxylation sites is 1. The van der Waals surface area contributed by atoms with E-state index < -0.39 is 17.6 Å². The molecule has 74 valence electrons. The molecule has 1 aromatic rings. The van der Waals surface area contributed by atoms with Crippen LogP contribution in [-0.2, 0) is 0 Å². The van der Waals surface area contributed by atoms with Crippen molar-refractivity contribution in [2.24, 2.45) is 0 Å². The van der Waals surface area contributed by atoms with Crippen molar-refractivity contribution in [2.45, 2.75) is 0 Å². The predicted molar refractivity (Wildman–Crippen MR) is 47.6 cm³/mol. The zero-order valence-corrected chi connectivity index (χ0v) is 7.14. The second kappa shape index (κ2) is 4.33. The van der Waals surface area contributed by atoms with Crippen molar-refractivity contribution in [2.75, 3.05) is 6.73 Å². The van der Waals surface area contributed by atoms with E-state index in [4.69, 9.17) is 5.11 Å². The van der Waals surface area contributed by atoms with Crippen LogP contribution in [0.4, 0.5) is 5.69 Å². The molecule has 0 unspecified atom stereocenters. The normalized spacial score (nSPS) is 9.50. The summed E-state index contributed by atoms with van der Waals surface area (Å²) in [5, 5.41) is 21.0. The number of hydrogen-bond donors (Lipinski definition) is 2. The number of carbonyl (C=O) groups is 1. The third kappa shape index (κ3) is 2.05. The average molecular weight is 196 g/mol. The van der Waals surface area contributed by atoms with Crippen molar-refractivity contribution in [3.05, 3.63) is 39.9 Å². The van der Waals surface area contributed by atoms with Crippen molar-refractivity contribution in [1.29, 1.82) is 0 Å². The van der Waals surface area contributed by atoms with Crippen molar-refractivity contribution < 1.29 is 14.8 Å². The molecule has 0 radical (unpaired) electrons. The summed E-state index contributed by atoms with van der Waals surface area (Å²) in [7, 11) is 0. The van der Waals surface area contributed by atoms with Crippen LogP contribution in [-0.4, -0.2) is 22.7 Å². The summed E-state index contributed by atoms with van der Waals surface area (Å²) in [5.74, 6) is -0.667. The number of rotatable bonds is 3. The van der Waals surface area contributed by atoms with Crippen molar-refractivity contribution in [1.82, 2.24) is 5.32 Å². The fourth-order valence-corrected chi connectivity index (χ4v) is 0.992. The molecule has 0 heterocycles. The van der Waals surface area contributed by atoms with Gasteiger partial charge < -0.3 is 10.4 Å². The van der Waals surface area contributed by atoms with Gasteiger partial charge in [0.2, 0.25) is 0 Å². The Morgan fingerprint density at radius 1 is 1.50 bits per heavy atom. The van der Waals surface area contributed by atoms with Crippen LogP contribution in [0.25, 0.3) is 0 Å². The smallest absolute Gasteiger partial charge is 0.282 e. The summed E-state index contributed by atoms with van der Waals surface area (Å²) in [6.07, 6.45) is 0. The standard InChI is InChI=1S/C8H8N2O4/c11-5-9-8(12)6-3-1-2-4-7(6)10(13)14/h1-4,11H,5H2,(H,9,12). The van der Waals surface area contributed by atoms with E-state index in [1.807, 2.05) is 0 Å². The molecule has 2 N–H and O–H groups in total. The Labute approximate surface area is 79.3 Å². The Morgan fingerprint density at radius 3 is 2.71 bits per heavy atom. The van der Waals surface area contributed by atoms with Gasteiger partial charge in [0.25, 0.3) is 11.6 Å². The highest BCUT2D eigenvalue weighted by Gasteiger charge is 2.17. The molecule has 0 saturated carbocycles. The Kier molecular flexibility index (Phi) is 3.14. The van der Waals surface area contributed by atoms with Gasteiger partial charge in [-0.15, -0.1) is 0 Å². The van der Waals surface area contributed by atoms with Gasteiger partial charge in [0.05, 0.1) is 4.92 Å². The van der Waals surface area contributed by atoms with Crippen molar-refractivity contribution >= 4 is 11.6 Å². The maximum atomic E-state index is 11.2. The molecule has 1 amide bonds. The number of carbonyl (C=O) groups excluding carboxylic acids is 1. The van der Waals surface area contributed by atoms with Crippen LogP contribution >= 0.6 is 0 Å². The van der Waals surface area contributed by atoms with E-state index in [9.17, 15) is 14.9 Å². The highest BCUT2D eigenvalue weighted by atomic mass is 16.6. The number of benzene rings is 1. The summed E-state index contributed by atoms with van der Waals surface area (Å²) in [5.41, 5.74) is -0.343. The van der Waals surface area contributed by atoms with Crippen LogP contribution in [0.3, 0.4) is 0 Å². The topological polar surface area (TPSA) is 92.5 Å². The first-order chi connectivity index (χ1) is 6.66. The molecule has 6 heteroatoms. The summed E-state index contributed by atoms with van der Waals surface area (Å²) >= 11 is 0. The van der Waals surface area contributed by atoms with Gasteiger partial charge in [0.1, 0.15) is 12.3 Å². The zero-order chi connectivity index (χ0) is 10.6. The van der Waals surface area contributed by atoms with Crippen LogP contribution in [0.5, 0.6) is 0 Å². The van der Waals surface area contributed by atoms with Crippen molar-refractivity contribution in [3.8, 4) is 0 Å². The Morgan fingerprint density at radius 2 is 2.14 bits per heavy atom. The van der Waals surface area contributed by atoms with E-state index in [0.717, 1.165) is 0 Å². The number of hydrogen-bond acceptors (Lipinski definition) is 4. The van der Waals surface area contributed by atoms with Gasteiger partial charge in [0, 0.05) is 6.07 Å². The number of nitrogens with one attached hydrogen (secondary N) is 1. The number of aliphatic hydroxyl groups excluding tert-OH is 1. The fourth-order valence-electron chi connectivity index (χ4n) is 0.992. The minimum Gasteiger partial charge on any atom is -0.376 e. The van der Waals surface area contributed by atoms with Gasteiger partial charge in [0.15, 0.2) is 0 Å². The number of nitro benzene ring substituents is 1. The molecular weight excluding hydrogens is 188 g/mol. The van der Waals surface area contributed by atoms with Gasteiger partial charge in [-0.05, 0) is 6.07 Å². The number of amides is 1. The lowest BCUT2D eigenvalue weighted by Crippen LogP contribution is -2.24. The first-order valence-electron chi connectivity index (χ1n) is 3.79. The largest absolute Gasteiger partial charge is 0.376 e. The molecule has 0 aliphatic rings. The minimum absolute atomic E-state index is 0.0634. The third-order valence-electron chi connectivity index (χ3n) is 1.58. The molecule has 0 bridgehead atoms. The van der Waals surface area contributed by atoms with E-state index in [2.05, 4.69) is 5.32 Å². The second-order valence-electron chi connectivity index (χ2n) is 2.44. The average Bonchev–Trinajstić information content (AvgIpc) is 2.18. The van der Waals surface area contributed by atoms with E-state index >= 15 is 0 Å². The molecule has 1 rings (SSSR count). The number of aliphatic hydroxyl groups is 1. The lowest BCUT2D eigenvalue weighted by molar-refractivity contribution is -0.385. The fraction of sp³-hybridized carbons (Fsp3) is 0.125. The molecule has 1 aromatic carbocycles. The van der Waals surface area contributed by atoms with E-state index in [1.54, 1.807) is 0 Å². The van der Waals surface area contributed by atoms with Crippen LogP contribution in [0.15, 0.2) is 24.3 Å².